The van der Waals surface area contributed by atoms with Crippen LogP contribution in [-0.2, 0) is 16.0 Å². The zero-order chi connectivity index (χ0) is 17.7. The standard InChI is InChI=1S/C18H21NO4S/c1-5-14-12(4)24-17(16(14)18(21)23-11(2)3)19-15(20)9-8-13-7-6-10-22-13/h6-11H,5H2,1-4H3,(H,19,20)/b9-8+. The monoisotopic (exact) mass is 347 g/mol. The molecule has 0 aromatic carbocycles. The topological polar surface area (TPSA) is 68.5 Å². The van der Waals surface area contributed by atoms with Gasteiger partial charge in [-0.3, -0.25) is 4.79 Å². The molecule has 2 aromatic rings. The molecule has 2 aromatic heterocycles. The molecule has 0 radical (unpaired) electrons. The fraction of sp³-hybridized carbons (Fsp3) is 0.333. The molecule has 0 saturated heterocycles. The molecule has 24 heavy (non-hydrogen) atoms. The molecule has 0 bridgehead atoms. The van der Waals surface area contributed by atoms with E-state index in [4.69, 9.17) is 9.15 Å². The summed E-state index contributed by atoms with van der Waals surface area (Å²) in [6, 6.07) is 3.49. The Morgan fingerprint density at radius 2 is 2.17 bits per heavy atom. The van der Waals surface area contributed by atoms with Gasteiger partial charge < -0.3 is 14.5 Å². The molecule has 0 aliphatic heterocycles. The number of anilines is 1. The van der Waals surface area contributed by atoms with E-state index >= 15 is 0 Å². The summed E-state index contributed by atoms with van der Waals surface area (Å²) in [7, 11) is 0. The summed E-state index contributed by atoms with van der Waals surface area (Å²) in [6.45, 7) is 7.51. The Hall–Kier alpha value is -2.34. The maximum absolute atomic E-state index is 12.4. The number of thiophene rings is 1. The number of amides is 1. The van der Waals surface area contributed by atoms with Crippen molar-refractivity contribution < 1.29 is 18.7 Å². The average Bonchev–Trinajstić information content (AvgIpc) is 3.11. The third-order valence-electron chi connectivity index (χ3n) is 3.29. The first-order chi connectivity index (χ1) is 11.4. The van der Waals surface area contributed by atoms with Crippen LogP contribution in [0.4, 0.5) is 5.00 Å². The van der Waals surface area contributed by atoms with Crippen LogP contribution in [0.15, 0.2) is 28.9 Å². The number of carbonyl (C=O) groups excluding carboxylic acids is 2. The quantitative estimate of drug-likeness (QED) is 0.620. The molecule has 0 aliphatic rings. The van der Waals surface area contributed by atoms with Crippen LogP contribution in [0, 0.1) is 6.92 Å². The lowest BCUT2D eigenvalue weighted by molar-refractivity contribution is -0.111. The Kier molecular flexibility index (Phi) is 5.98. The van der Waals surface area contributed by atoms with E-state index in [0.29, 0.717) is 22.7 Å². The van der Waals surface area contributed by atoms with Gasteiger partial charge in [0, 0.05) is 11.0 Å². The number of aryl methyl sites for hydroxylation is 1. The molecular formula is C18H21NO4S. The van der Waals surface area contributed by atoms with E-state index in [0.717, 1.165) is 10.4 Å². The van der Waals surface area contributed by atoms with E-state index < -0.39 is 5.97 Å². The number of rotatable bonds is 6. The van der Waals surface area contributed by atoms with Gasteiger partial charge in [-0.15, -0.1) is 11.3 Å². The first-order valence-electron chi connectivity index (χ1n) is 7.78. The lowest BCUT2D eigenvalue weighted by Crippen LogP contribution is -2.16. The molecule has 2 rings (SSSR count). The molecule has 128 valence electrons. The Morgan fingerprint density at radius 1 is 1.42 bits per heavy atom. The maximum Gasteiger partial charge on any atom is 0.341 e. The first-order valence-corrected chi connectivity index (χ1v) is 8.59. The van der Waals surface area contributed by atoms with Gasteiger partial charge in [0.1, 0.15) is 10.8 Å². The second-order valence-corrected chi connectivity index (χ2v) is 6.71. The molecule has 6 heteroatoms. The number of esters is 1. The van der Waals surface area contributed by atoms with Crippen LogP contribution in [-0.4, -0.2) is 18.0 Å². The molecule has 0 aliphatic carbocycles. The van der Waals surface area contributed by atoms with E-state index in [2.05, 4.69) is 5.32 Å². The molecule has 0 unspecified atom stereocenters. The average molecular weight is 347 g/mol. The number of nitrogens with one attached hydrogen (secondary N) is 1. The molecule has 5 nitrogen and oxygen atoms in total. The molecule has 1 amide bonds. The summed E-state index contributed by atoms with van der Waals surface area (Å²) < 4.78 is 10.5. The highest BCUT2D eigenvalue weighted by molar-refractivity contribution is 7.16. The van der Waals surface area contributed by atoms with Crippen molar-refractivity contribution >= 4 is 34.3 Å². The van der Waals surface area contributed by atoms with E-state index in [9.17, 15) is 9.59 Å². The molecule has 0 spiro atoms. The fourth-order valence-corrected chi connectivity index (χ4v) is 3.41. The van der Waals surface area contributed by atoms with Gasteiger partial charge in [-0.1, -0.05) is 6.92 Å². The van der Waals surface area contributed by atoms with Crippen molar-refractivity contribution in [2.24, 2.45) is 0 Å². The molecular weight excluding hydrogens is 326 g/mol. The van der Waals surface area contributed by atoms with Gasteiger partial charge in [0.15, 0.2) is 0 Å². The SMILES string of the molecule is CCc1c(C)sc(NC(=O)/C=C/c2ccco2)c1C(=O)OC(C)C. The zero-order valence-corrected chi connectivity index (χ0v) is 15.0. The van der Waals surface area contributed by atoms with E-state index in [1.54, 1.807) is 32.1 Å². The highest BCUT2D eigenvalue weighted by Gasteiger charge is 2.23. The predicted molar refractivity (Wildman–Crippen MR) is 95.4 cm³/mol. The van der Waals surface area contributed by atoms with Crippen LogP contribution >= 0.6 is 11.3 Å². The number of carbonyl (C=O) groups is 2. The Morgan fingerprint density at radius 3 is 2.75 bits per heavy atom. The predicted octanol–water partition coefficient (Wildman–Crippen LogP) is 4.43. The van der Waals surface area contributed by atoms with Crippen LogP contribution in [0.3, 0.4) is 0 Å². The van der Waals surface area contributed by atoms with Crippen LogP contribution in [0.2, 0.25) is 0 Å². The minimum absolute atomic E-state index is 0.218. The van der Waals surface area contributed by atoms with Gasteiger partial charge in [-0.25, -0.2) is 4.79 Å². The Labute approximate surface area is 145 Å². The van der Waals surface area contributed by atoms with Gasteiger partial charge in [-0.2, -0.15) is 0 Å². The lowest BCUT2D eigenvalue weighted by Gasteiger charge is -2.10. The third-order valence-corrected chi connectivity index (χ3v) is 4.35. The van der Waals surface area contributed by atoms with Crippen molar-refractivity contribution in [3.63, 3.8) is 0 Å². The molecule has 0 fully saturated rings. The number of ether oxygens (including phenoxy) is 1. The van der Waals surface area contributed by atoms with Crippen molar-refractivity contribution in [2.75, 3.05) is 5.32 Å². The molecule has 0 saturated carbocycles. The zero-order valence-electron chi connectivity index (χ0n) is 14.2. The van der Waals surface area contributed by atoms with Gasteiger partial charge in [0.25, 0.3) is 0 Å². The smallest absolute Gasteiger partial charge is 0.341 e. The third kappa shape index (κ3) is 4.35. The maximum atomic E-state index is 12.4. The summed E-state index contributed by atoms with van der Waals surface area (Å²) in [5.74, 6) is -0.147. The summed E-state index contributed by atoms with van der Waals surface area (Å²) in [5.41, 5.74) is 1.37. The molecule has 0 atom stereocenters. The minimum atomic E-state index is -0.406. The largest absolute Gasteiger partial charge is 0.465 e. The van der Waals surface area contributed by atoms with Crippen LogP contribution in [0.25, 0.3) is 6.08 Å². The van der Waals surface area contributed by atoms with Crippen molar-refractivity contribution in [1.29, 1.82) is 0 Å². The second kappa shape index (κ2) is 7.97. The van der Waals surface area contributed by atoms with Gasteiger partial charge in [0.05, 0.1) is 17.9 Å². The van der Waals surface area contributed by atoms with E-state index in [-0.39, 0.29) is 12.0 Å². The van der Waals surface area contributed by atoms with Gasteiger partial charge in [0.2, 0.25) is 5.91 Å². The molecule has 2 heterocycles. The van der Waals surface area contributed by atoms with Crippen molar-refractivity contribution in [3.05, 3.63) is 46.2 Å². The normalized spacial score (nSPS) is 11.2. The summed E-state index contributed by atoms with van der Waals surface area (Å²) in [4.78, 5) is 25.5. The summed E-state index contributed by atoms with van der Waals surface area (Å²) in [5, 5.41) is 3.29. The highest BCUT2D eigenvalue weighted by Crippen LogP contribution is 2.34. The number of hydrogen-bond donors (Lipinski definition) is 1. The summed E-state index contributed by atoms with van der Waals surface area (Å²) >= 11 is 1.38. The first kappa shape index (κ1) is 18.0. The highest BCUT2D eigenvalue weighted by atomic mass is 32.1. The number of furan rings is 1. The van der Waals surface area contributed by atoms with Crippen molar-refractivity contribution in [3.8, 4) is 0 Å². The van der Waals surface area contributed by atoms with E-state index in [1.165, 1.54) is 23.7 Å². The fourth-order valence-electron chi connectivity index (χ4n) is 2.28. The number of hydrogen-bond acceptors (Lipinski definition) is 5. The Balaban J connectivity index is 2.22. The van der Waals surface area contributed by atoms with Crippen LogP contribution in [0.1, 0.15) is 47.3 Å². The summed E-state index contributed by atoms with van der Waals surface area (Å²) in [6.07, 6.45) is 4.96. The Bertz CT molecular complexity index is 741. The van der Waals surface area contributed by atoms with E-state index in [1.807, 2.05) is 13.8 Å². The van der Waals surface area contributed by atoms with Crippen molar-refractivity contribution in [1.82, 2.24) is 0 Å². The van der Waals surface area contributed by atoms with Crippen LogP contribution in [0.5, 0.6) is 0 Å². The van der Waals surface area contributed by atoms with Crippen LogP contribution < -0.4 is 5.32 Å². The van der Waals surface area contributed by atoms with Crippen molar-refractivity contribution in [2.45, 2.75) is 40.2 Å². The molecule has 1 N–H and O–H groups in total. The minimum Gasteiger partial charge on any atom is -0.465 e. The van der Waals surface area contributed by atoms with Gasteiger partial charge >= 0.3 is 5.97 Å². The van der Waals surface area contributed by atoms with Gasteiger partial charge in [-0.05, 0) is 51.0 Å². The lowest BCUT2D eigenvalue weighted by atomic mass is 10.1. The second-order valence-electron chi connectivity index (χ2n) is 5.49.